The first kappa shape index (κ1) is 23.8. The predicted octanol–water partition coefficient (Wildman–Crippen LogP) is 1.92. The highest BCUT2D eigenvalue weighted by molar-refractivity contribution is 5.93. The maximum absolute atomic E-state index is 12.9. The summed E-state index contributed by atoms with van der Waals surface area (Å²) in [7, 11) is 0. The summed E-state index contributed by atoms with van der Waals surface area (Å²) in [6, 6.07) is 8.59. The number of amides is 2. The topological polar surface area (TPSA) is 103 Å². The van der Waals surface area contributed by atoms with Crippen LogP contribution in [0.4, 0.5) is 0 Å². The highest BCUT2D eigenvalue weighted by atomic mass is 16.8. The zero-order valence-corrected chi connectivity index (χ0v) is 18.3. The SMILES string of the molecule is CCOC(=O)[C@H](CC(C)C)NC(=O)[C@@H]1OC(C)(C)O[C@H]1C(=O)NCc1ccccc1. The van der Waals surface area contributed by atoms with Gasteiger partial charge < -0.3 is 24.8 Å². The zero-order valence-electron chi connectivity index (χ0n) is 18.3. The lowest BCUT2D eigenvalue weighted by molar-refractivity contribution is -0.160. The van der Waals surface area contributed by atoms with Crippen LogP contribution in [0.3, 0.4) is 0 Å². The van der Waals surface area contributed by atoms with Crippen LogP contribution in [0, 0.1) is 5.92 Å². The van der Waals surface area contributed by atoms with Gasteiger partial charge in [0.15, 0.2) is 18.0 Å². The molecule has 0 aliphatic carbocycles. The maximum Gasteiger partial charge on any atom is 0.328 e. The number of benzene rings is 1. The normalized spacial score (nSPS) is 21.1. The van der Waals surface area contributed by atoms with Gasteiger partial charge in [-0.3, -0.25) is 9.59 Å². The third-order valence-corrected chi connectivity index (χ3v) is 4.52. The van der Waals surface area contributed by atoms with Gasteiger partial charge in [0.05, 0.1) is 6.61 Å². The molecule has 166 valence electrons. The molecule has 1 heterocycles. The van der Waals surface area contributed by atoms with Crippen molar-refractivity contribution in [3.8, 4) is 0 Å². The van der Waals surface area contributed by atoms with Crippen LogP contribution in [0.2, 0.25) is 0 Å². The number of rotatable bonds is 9. The summed E-state index contributed by atoms with van der Waals surface area (Å²) in [4.78, 5) is 37.9. The average Bonchev–Trinajstić information content (AvgIpc) is 3.02. The van der Waals surface area contributed by atoms with E-state index in [0.717, 1.165) is 5.56 Å². The molecule has 0 unspecified atom stereocenters. The molecule has 1 saturated heterocycles. The maximum atomic E-state index is 12.9. The Morgan fingerprint density at radius 3 is 2.23 bits per heavy atom. The summed E-state index contributed by atoms with van der Waals surface area (Å²) < 4.78 is 16.5. The van der Waals surface area contributed by atoms with E-state index in [4.69, 9.17) is 14.2 Å². The molecule has 0 spiro atoms. The summed E-state index contributed by atoms with van der Waals surface area (Å²) in [5, 5.41) is 5.45. The first-order chi connectivity index (χ1) is 14.1. The van der Waals surface area contributed by atoms with E-state index >= 15 is 0 Å². The molecule has 3 atom stereocenters. The molecule has 1 aliphatic rings. The van der Waals surface area contributed by atoms with E-state index < -0.39 is 41.8 Å². The quantitative estimate of drug-likeness (QED) is 0.592. The van der Waals surface area contributed by atoms with E-state index in [1.165, 1.54) is 0 Å². The number of hydrogen-bond donors (Lipinski definition) is 2. The molecule has 1 aliphatic heterocycles. The van der Waals surface area contributed by atoms with Gasteiger partial charge in [0.25, 0.3) is 11.8 Å². The molecule has 1 fully saturated rings. The molecule has 0 radical (unpaired) electrons. The molecular weight excluding hydrogens is 388 g/mol. The van der Waals surface area contributed by atoms with E-state index in [1.807, 2.05) is 44.2 Å². The van der Waals surface area contributed by atoms with Crippen LogP contribution in [0.25, 0.3) is 0 Å². The Kier molecular flexibility index (Phi) is 8.37. The van der Waals surface area contributed by atoms with Crippen molar-refractivity contribution in [1.82, 2.24) is 10.6 Å². The van der Waals surface area contributed by atoms with Crippen LogP contribution in [-0.4, -0.2) is 48.4 Å². The average molecular weight is 421 g/mol. The van der Waals surface area contributed by atoms with Gasteiger partial charge in [-0.05, 0) is 38.7 Å². The van der Waals surface area contributed by atoms with E-state index in [2.05, 4.69) is 10.6 Å². The van der Waals surface area contributed by atoms with Gasteiger partial charge >= 0.3 is 5.97 Å². The standard InChI is InChI=1S/C22H32N2O6/c1-6-28-21(27)16(12-14(2)3)24-20(26)18-17(29-22(4,5)30-18)19(25)23-13-15-10-8-7-9-11-15/h7-11,14,16-18H,6,12-13H2,1-5H3,(H,23,25)(H,24,26)/t16-,17+,18+/m0/s1. The zero-order chi connectivity index (χ0) is 22.3. The molecule has 2 N–H and O–H groups in total. The van der Waals surface area contributed by atoms with Gasteiger partial charge in [0, 0.05) is 6.54 Å². The predicted molar refractivity (Wildman–Crippen MR) is 110 cm³/mol. The molecule has 30 heavy (non-hydrogen) atoms. The lowest BCUT2D eigenvalue weighted by Crippen LogP contribution is -2.52. The van der Waals surface area contributed by atoms with Crippen molar-refractivity contribution >= 4 is 17.8 Å². The summed E-state index contributed by atoms with van der Waals surface area (Å²) >= 11 is 0. The fraction of sp³-hybridized carbons (Fsp3) is 0.591. The van der Waals surface area contributed by atoms with Crippen LogP contribution in [0.15, 0.2) is 30.3 Å². The Morgan fingerprint density at radius 2 is 1.67 bits per heavy atom. The summed E-state index contributed by atoms with van der Waals surface area (Å²) in [6.07, 6.45) is -1.91. The van der Waals surface area contributed by atoms with Gasteiger partial charge in [-0.25, -0.2) is 4.79 Å². The molecule has 2 rings (SSSR count). The Bertz CT molecular complexity index is 734. The van der Waals surface area contributed by atoms with Crippen LogP contribution in [0.1, 0.15) is 46.6 Å². The van der Waals surface area contributed by atoms with Gasteiger partial charge in [0.1, 0.15) is 6.04 Å². The van der Waals surface area contributed by atoms with Crippen molar-refractivity contribution in [1.29, 1.82) is 0 Å². The minimum absolute atomic E-state index is 0.155. The largest absolute Gasteiger partial charge is 0.464 e. The molecule has 2 amide bonds. The number of ether oxygens (including phenoxy) is 3. The molecule has 0 aromatic heterocycles. The molecule has 1 aromatic rings. The van der Waals surface area contributed by atoms with E-state index in [9.17, 15) is 14.4 Å². The van der Waals surface area contributed by atoms with Gasteiger partial charge in [-0.2, -0.15) is 0 Å². The smallest absolute Gasteiger partial charge is 0.328 e. The molecule has 8 nitrogen and oxygen atoms in total. The number of hydrogen-bond acceptors (Lipinski definition) is 6. The number of carbonyl (C=O) groups excluding carboxylic acids is 3. The summed E-state index contributed by atoms with van der Waals surface area (Å²) in [6.45, 7) is 9.36. The van der Waals surface area contributed by atoms with Crippen molar-refractivity contribution in [3.05, 3.63) is 35.9 Å². The number of carbonyl (C=O) groups is 3. The molecule has 8 heteroatoms. The minimum atomic E-state index is -1.18. The van der Waals surface area contributed by atoms with E-state index in [0.29, 0.717) is 13.0 Å². The second-order valence-corrected chi connectivity index (χ2v) is 8.12. The first-order valence-electron chi connectivity index (χ1n) is 10.3. The second kappa shape index (κ2) is 10.5. The summed E-state index contributed by atoms with van der Waals surface area (Å²) in [5.74, 6) is -2.52. The monoisotopic (exact) mass is 420 g/mol. The second-order valence-electron chi connectivity index (χ2n) is 8.12. The van der Waals surface area contributed by atoms with Crippen LogP contribution in [-0.2, 0) is 35.1 Å². The van der Waals surface area contributed by atoms with Gasteiger partial charge in [0.2, 0.25) is 0 Å². The molecular formula is C22H32N2O6. The third kappa shape index (κ3) is 6.81. The Labute approximate surface area is 177 Å². The summed E-state index contributed by atoms with van der Waals surface area (Å²) in [5.41, 5.74) is 0.921. The Hall–Kier alpha value is -2.45. The lowest BCUT2D eigenvalue weighted by Gasteiger charge is -2.22. The molecule has 0 bridgehead atoms. The van der Waals surface area contributed by atoms with Crippen LogP contribution >= 0.6 is 0 Å². The van der Waals surface area contributed by atoms with Gasteiger partial charge in [-0.1, -0.05) is 44.2 Å². The van der Waals surface area contributed by atoms with Crippen molar-refractivity contribution < 1.29 is 28.6 Å². The van der Waals surface area contributed by atoms with E-state index in [1.54, 1.807) is 20.8 Å². The highest BCUT2D eigenvalue weighted by Crippen LogP contribution is 2.29. The lowest BCUT2D eigenvalue weighted by atomic mass is 10.0. The van der Waals surface area contributed by atoms with Crippen LogP contribution in [0.5, 0.6) is 0 Å². The van der Waals surface area contributed by atoms with Crippen molar-refractivity contribution in [3.63, 3.8) is 0 Å². The van der Waals surface area contributed by atoms with Crippen molar-refractivity contribution in [2.75, 3.05) is 6.61 Å². The van der Waals surface area contributed by atoms with Crippen molar-refractivity contribution in [2.24, 2.45) is 5.92 Å². The van der Waals surface area contributed by atoms with E-state index in [-0.39, 0.29) is 12.5 Å². The van der Waals surface area contributed by atoms with Crippen molar-refractivity contribution in [2.45, 2.75) is 71.6 Å². The highest BCUT2D eigenvalue weighted by Gasteiger charge is 2.49. The number of esters is 1. The number of nitrogens with one attached hydrogen (secondary N) is 2. The first-order valence-corrected chi connectivity index (χ1v) is 10.3. The van der Waals surface area contributed by atoms with Gasteiger partial charge in [-0.15, -0.1) is 0 Å². The fourth-order valence-corrected chi connectivity index (χ4v) is 3.21. The third-order valence-electron chi connectivity index (χ3n) is 4.52. The Morgan fingerprint density at radius 1 is 1.07 bits per heavy atom. The molecule has 1 aromatic carbocycles. The Balaban J connectivity index is 2.08. The fourth-order valence-electron chi connectivity index (χ4n) is 3.21. The molecule has 0 saturated carbocycles. The van der Waals surface area contributed by atoms with Crippen LogP contribution < -0.4 is 10.6 Å². The minimum Gasteiger partial charge on any atom is -0.464 e.